The minimum absolute atomic E-state index is 0.0147. The first-order valence-electron chi connectivity index (χ1n) is 9.44. The van der Waals surface area contributed by atoms with Gasteiger partial charge in [0.1, 0.15) is 28.1 Å². The fraction of sp³-hybridized carbons (Fsp3) is 0.273. The number of carbonyl (C=O) groups is 1. The molecular weight excluding hydrogens is 436 g/mol. The van der Waals surface area contributed by atoms with Gasteiger partial charge in [0.15, 0.2) is 5.76 Å². The second-order valence-electron chi connectivity index (χ2n) is 7.34. The molecule has 0 aliphatic carbocycles. The number of halogens is 1. The molecule has 7 heteroatoms. The minimum atomic E-state index is -0.824. The van der Waals surface area contributed by atoms with Crippen LogP contribution in [-0.2, 0) is 23.2 Å². The largest absolute Gasteiger partial charge is 0.493 e. The summed E-state index contributed by atoms with van der Waals surface area (Å²) in [4.78, 5) is 15.5. The van der Waals surface area contributed by atoms with Crippen molar-refractivity contribution in [1.29, 1.82) is 0 Å². The van der Waals surface area contributed by atoms with Crippen molar-refractivity contribution in [3.05, 3.63) is 76.1 Å². The first-order valence-corrected chi connectivity index (χ1v) is 10.2. The van der Waals surface area contributed by atoms with E-state index in [0.717, 1.165) is 34.6 Å². The molecule has 0 bridgehead atoms. The summed E-state index contributed by atoms with van der Waals surface area (Å²) in [6.45, 7) is 5.52. The zero-order valence-corrected chi connectivity index (χ0v) is 17.3. The molecule has 1 amide bonds. The van der Waals surface area contributed by atoms with E-state index in [9.17, 15) is 4.79 Å². The van der Waals surface area contributed by atoms with Crippen LogP contribution < -0.4 is 9.47 Å². The van der Waals surface area contributed by atoms with Crippen LogP contribution in [0.4, 0.5) is 0 Å². The summed E-state index contributed by atoms with van der Waals surface area (Å²) in [6, 6.07) is 5.79. The summed E-state index contributed by atoms with van der Waals surface area (Å²) in [5.41, 5.74) is 2.22. The van der Waals surface area contributed by atoms with Crippen molar-refractivity contribution in [2.24, 2.45) is 0 Å². The molecule has 3 aliphatic rings. The lowest BCUT2D eigenvalue weighted by Crippen LogP contribution is -2.39. The van der Waals surface area contributed by atoms with Gasteiger partial charge >= 0.3 is 0 Å². The molecule has 0 radical (unpaired) electrons. The fourth-order valence-electron chi connectivity index (χ4n) is 4.31. The maximum atomic E-state index is 13.7. The summed E-state index contributed by atoms with van der Waals surface area (Å²) in [5.74, 6) is 2.22. The number of amides is 1. The molecule has 0 N–H and O–H groups in total. The molecular formula is C22H19BrN2O4. The Hall–Kier alpha value is -2.80. The number of aromatic nitrogens is 1. The number of rotatable bonds is 4. The quantitative estimate of drug-likeness (QED) is 0.658. The van der Waals surface area contributed by atoms with Crippen LogP contribution >= 0.6 is 15.9 Å². The minimum Gasteiger partial charge on any atom is -0.493 e. The Kier molecular flexibility index (Phi) is 4.35. The smallest absolute Gasteiger partial charge is 0.241 e. The highest BCUT2D eigenvalue weighted by molar-refractivity contribution is 9.10. The van der Waals surface area contributed by atoms with Crippen molar-refractivity contribution >= 4 is 21.8 Å². The lowest BCUT2D eigenvalue weighted by Gasteiger charge is -2.22. The zero-order valence-electron chi connectivity index (χ0n) is 15.7. The van der Waals surface area contributed by atoms with E-state index in [1.165, 1.54) is 0 Å². The van der Waals surface area contributed by atoms with Crippen LogP contribution in [0.25, 0.3) is 0 Å². The van der Waals surface area contributed by atoms with E-state index >= 15 is 0 Å². The van der Waals surface area contributed by atoms with E-state index in [2.05, 4.69) is 33.7 Å². The summed E-state index contributed by atoms with van der Waals surface area (Å²) in [6.07, 6.45) is 8.33. The van der Waals surface area contributed by atoms with Gasteiger partial charge in [-0.15, -0.1) is 0 Å². The molecule has 1 unspecified atom stereocenters. The monoisotopic (exact) mass is 454 g/mol. The standard InChI is InChI=1S/C22H19BrN2O4/c1-2-3-4-5-15-11-25(12-16-9-20(23)24-29-16)21(26)22(15)13-28-19-10-18-14(6-7-27-18)8-17(19)22/h2-5,8-10H,1,6-7,11-13H2/b4-3-,15-5+. The van der Waals surface area contributed by atoms with Gasteiger partial charge in [-0.1, -0.05) is 36.0 Å². The van der Waals surface area contributed by atoms with E-state index < -0.39 is 5.41 Å². The number of nitrogens with zero attached hydrogens (tertiary/aromatic N) is 2. The number of hydrogen-bond acceptors (Lipinski definition) is 5. The second-order valence-corrected chi connectivity index (χ2v) is 8.15. The van der Waals surface area contributed by atoms with Crippen molar-refractivity contribution in [3.63, 3.8) is 0 Å². The molecule has 0 saturated carbocycles. The third kappa shape index (κ3) is 2.83. The van der Waals surface area contributed by atoms with Crippen LogP contribution in [0, 0.1) is 0 Å². The molecule has 2 aromatic rings. The highest BCUT2D eigenvalue weighted by atomic mass is 79.9. The number of hydrogen-bond donors (Lipinski definition) is 0. The third-order valence-electron chi connectivity index (χ3n) is 5.68. The second kappa shape index (κ2) is 6.91. The topological polar surface area (TPSA) is 64.8 Å². The van der Waals surface area contributed by atoms with Crippen molar-refractivity contribution in [2.75, 3.05) is 19.8 Å². The Labute approximate surface area is 176 Å². The number of likely N-dealkylation sites (tertiary alicyclic amines) is 1. The molecule has 1 atom stereocenters. The summed E-state index contributed by atoms with van der Waals surface area (Å²) >= 11 is 3.29. The molecule has 1 fully saturated rings. The Balaban J connectivity index is 1.58. The van der Waals surface area contributed by atoms with Crippen molar-refractivity contribution in [1.82, 2.24) is 10.1 Å². The molecule has 3 aliphatic heterocycles. The van der Waals surface area contributed by atoms with Gasteiger partial charge in [0.05, 0.1) is 13.2 Å². The predicted octanol–water partition coefficient (Wildman–Crippen LogP) is 3.71. The van der Waals surface area contributed by atoms with Crippen LogP contribution in [0.5, 0.6) is 11.5 Å². The third-order valence-corrected chi connectivity index (χ3v) is 6.05. The fourth-order valence-corrected chi connectivity index (χ4v) is 4.64. The van der Waals surface area contributed by atoms with E-state index in [1.54, 1.807) is 17.0 Å². The van der Waals surface area contributed by atoms with Gasteiger partial charge in [-0.25, -0.2) is 0 Å². The summed E-state index contributed by atoms with van der Waals surface area (Å²) in [7, 11) is 0. The van der Waals surface area contributed by atoms with E-state index in [0.29, 0.717) is 30.1 Å². The van der Waals surface area contributed by atoms with E-state index in [-0.39, 0.29) is 12.5 Å². The van der Waals surface area contributed by atoms with Gasteiger partial charge in [-0.3, -0.25) is 4.79 Å². The van der Waals surface area contributed by atoms with Crippen molar-refractivity contribution < 1.29 is 18.8 Å². The van der Waals surface area contributed by atoms with Gasteiger partial charge in [0, 0.05) is 30.7 Å². The molecule has 5 rings (SSSR count). The first-order chi connectivity index (χ1) is 14.1. The van der Waals surface area contributed by atoms with Crippen LogP contribution in [0.1, 0.15) is 16.9 Å². The number of ether oxygens (including phenoxy) is 2. The number of benzene rings is 1. The summed E-state index contributed by atoms with van der Waals surface area (Å²) < 4.78 is 17.6. The Morgan fingerprint density at radius 1 is 1.24 bits per heavy atom. The lowest BCUT2D eigenvalue weighted by molar-refractivity contribution is -0.133. The van der Waals surface area contributed by atoms with Gasteiger partial charge < -0.3 is 18.9 Å². The van der Waals surface area contributed by atoms with Crippen LogP contribution in [-0.4, -0.2) is 35.7 Å². The number of fused-ring (bicyclic) bond motifs is 3. The van der Waals surface area contributed by atoms with Gasteiger partial charge in [-0.05, 0) is 33.1 Å². The average molecular weight is 455 g/mol. The SMILES string of the molecule is C=C/C=C\C=C1/CN(Cc2cc(Br)no2)C(=O)C12COc1cc3c(cc12)CCO3. The van der Waals surface area contributed by atoms with Crippen molar-refractivity contribution in [2.45, 2.75) is 18.4 Å². The van der Waals surface area contributed by atoms with Crippen LogP contribution in [0.3, 0.4) is 0 Å². The van der Waals surface area contributed by atoms with Crippen LogP contribution in [0.15, 0.2) is 63.8 Å². The number of carbonyl (C=O) groups excluding carboxylic acids is 1. The van der Waals surface area contributed by atoms with Gasteiger partial charge in [-0.2, -0.15) is 0 Å². The lowest BCUT2D eigenvalue weighted by atomic mass is 9.76. The number of allylic oxidation sites excluding steroid dienone is 4. The van der Waals surface area contributed by atoms with E-state index in [4.69, 9.17) is 14.0 Å². The summed E-state index contributed by atoms with van der Waals surface area (Å²) in [5, 5.41) is 3.86. The van der Waals surface area contributed by atoms with E-state index in [1.807, 2.05) is 24.3 Å². The zero-order chi connectivity index (χ0) is 20.0. The Bertz CT molecular complexity index is 1070. The normalized spacial score (nSPS) is 23.7. The Morgan fingerprint density at radius 3 is 2.93 bits per heavy atom. The highest BCUT2D eigenvalue weighted by Crippen LogP contribution is 2.51. The van der Waals surface area contributed by atoms with Gasteiger partial charge in [0.25, 0.3) is 0 Å². The maximum absolute atomic E-state index is 13.7. The molecule has 148 valence electrons. The molecule has 6 nitrogen and oxygen atoms in total. The first kappa shape index (κ1) is 18.2. The molecule has 29 heavy (non-hydrogen) atoms. The predicted molar refractivity (Wildman–Crippen MR) is 110 cm³/mol. The molecule has 1 spiro atoms. The maximum Gasteiger partial charge on any atom is 0.241 e. The average Bonchev–Trinajstić information content (AvgIpc) is 3.46. The van der Waals surface area contributed by atoms with Crippen molar-refractivity contribution in [3.8, 4) is 11.5 Å². The Morgan fingerprint density at radius 2 is 2.14 bits per heavy atom. The molecule has 4 heterocycles. The molecule has 1 aromatic heterocycles. The molecule has 1 aromatic carbocycles. The van der Waals surface area contributed by atoms with Gasteiger partial charge in [0.2, 0.25) is 5.91 Å². The highest BCUT2D eigenvalue weighted by Gasteiger charge is 2.56. The molecule has 1 saturated heterocycles. The van der Waals surface area contributed by atoms with Crippen LogP contribution in [0.2, 0.25) is 0 Å².